The van der Waals surface area contributed by atoms with Gasteiger partial charge in [0.25, 0.3) is 0 Å². The molecule has 0 aromatic carbocycles. The normalized spacial score (nSPS) is 12.3. The molecule has 0 heterocycles. The molecule has 4 N–H and O–H groups in total. The number of aliphatic carboxylic acids is 1. The van der Waals surface area contributed by atoms with Gasteiger partial charge in [-0.1, -0.05) is 76.9 Å². The number of carboxylic acid groups (broad SMARTS) is 1. The molecule has 0 fully saturated rings. The number of hydrogen-bond donors (Lipinski definition) is 3. The molecule has 0 saturated heterocycles. The predicted octanol–water partition coefficient (Wildman–Crippen LogP) is 6.13. The molecule has 0 aliphatic heterocycles. The summed E-state index contributed by atoms with van der Waals surface area (Å²) < 4.78 is 5.69. The van der Waals surface area contributed by atoms with Crippen molar-refractivity contribution < 1.29 is 19.4 Å². The van der Waals surface area contributed by atoms with Crippen LogP contribution in [-0.2, 0) is 14.3 Å². The zero-order valence-electron chi connectivity index (χ0n) is 21.3. The molecule has 0 aliphatic rings. The van der Waals surface area contributed by atoms with Crippen molar-refractivity contribution in [2.45, 2.75) is 129 Å². The molecule has 1 atom stereocenters. The van der Waals surface area contributed by atoms with Crippen molar-refractivity contribution in [1.82, 2.24) is 5.32 Å². The van der Waals surface area contributed by atoms with Gasteiger partial charge >= 0.3 is 5.97 Å². The summed E-state index contributed by atoms with van der Waals surface area (Å²) in [7, 11) is 0. The molecule has 0 rings (SSSR count). The van der Waals surface area contributed by atoms with Crippen LogP contribution >= 0.6 is 0 Å². The number of carbonyl (C=O) groups excluding carboxylic acids is 1. The molecule has 0 unspecified atom stereocenters. The van der Waals surface area contributed by atoms with E-state index in [1.54, 1.807) is 0 Å². The first kappa shape index (κ1) is 31.6. The van der Waals surface area contributed by atoms with Crippen LogP contribution < -0.4 is 11.1 Å². The molecule has 1 amide bonds. The molecule has 194 valence electrons. The third kappa shape index (κ3) is 25.1. The Morgan fingerprint density at radius 2 is 1.52 bits per heavy atom. The monoisotopic (exact) mass is 468 g/mol. The Balaban J connectivity index is 3.51. The van der Waals surface area contributed by atoms with Gasteiger partial charge in [-0.2, -0.15) is 0 Å². The summed E-state index contributed by atoms with van der Waals surface area (Å²) in [6.45, 7) is 4.55. The average Bonchev–Trinajstić information content (AvgIpc) is 2.78. The molecule has 6 heteroatoms. The third-order valence-electron chi connectivity index (χ3n) is 5.81. The summed E-state index contributed by atoms with van der Waals surface area (Å²) in [5.74, 6) is -0.911. The Hall–Kier alpha value is -1.40. The summed E-state index contributed by atoms with van der Waals surface area (Å²) in [5.41, 5.74) is 5.48. The van der Waals surface area contributed by atoms with Crippen LogP contribution in [0.1, 0.15) is 122 Å². The SMILES string of the molecule is CCCCCCCCCOCCC=CCCCCCCC(=O)N[C@@H](CCCCN)CC(=O)O. The van der Waals surface area contributed by atoms with Gasteiger partial charge < -0.3 is 20.9 Å². The van der Waals surface area contributed by atoms with Gasteiger partial charge in [0.05, 0.1) is 13.0 Å². The van der Waals surface area contributed by atoms with Gasteiger partial charge in [-0.15, -0.1) is 0 Å². The van der Waals surface area contributed by atoms with Gasteiger partial charge in [0.2, 0.25) is 5.91 Å². The van der Waals surface area contributed by atoms with E-state index >= 15 is 0 Å². The van der Waals surface area contributed by atoms with Crippen molar-refractivity contribution in [2.24, 2.45) is 5.73 Å². The minimum Gasteiger partial charge on any atom is -0.481 e. The van der Waals surface area contributed by atoms with E-state index in [2.05, 4.69) is 24.4 Å². The predicted molar refractivity (Wildman–Crippen MR) is 137 cm³/mol. The minimum atomic E-state index is -0.874. The summed E-state index contributed by atoms with van der Waals surface area (Å²) in [6.07, 6.45) is 22.7. The molecule has 0 bridgehead atoms. The molecule has 0 spiro atoms. The minimum absolute atomic E-state index is 0.0210. The highest BCUT2D eigenvalue weighted by atomic mass is 16.5. The maximum Gasteiger partial charge on any atom is 0.305 e. The lowest BCUT2D eigenvalue weighted by atomic mass is 10.1. The second-order valence-corrected chi connectivity index (χ2v) is 9.09. The van der Waals surface area contributed by atoms with Crippen molar-refractivity contribution in [2.75, 3.05) is 19.8 Å². The van der Waals surface area contributed by atoms with Crippen LogP contribution in [0.25, 0.3) is 0 Å². The van der Waals surface area contributed by atoms with Gasteiger partial charge in [0.1, 0.15) is 0 Å². The summed E-state index contributed by atoms with van der Waals surface area (Å²) in [4.78, 5) is 23.1. The highest BCUT2D eigenvalue weighted by Crippen LogP contribution is 2.09. The fraction of sp³-hybridized carbons (Fsp3) is 0.852. The van der Waals surface area contributed by atoms with Crippen molar-refractivity contribution >= 4 is 11.9 Å². The fourth-order valence-electron chi connectivity index (χ4n) is 3.82. The number of nitrogens with two attached hydrogens (primary N) is 1. The Labute approximate surface area is 203 Å². The number of carboxylic acids is 1. The van der Waals surface area contributed by atoms with Crippen LogP contribution in [0.3, 0.4) is 0 Å². The number of unbranched alkanes of at least 4 members (excludes halogenated alkanes) is 11. The number of nitrogens with one attached hydrogen (secondary N) is 1. The molecule has 0 aliphatic carbocycles. The molecular weight excluding hydrogens is 416 g/mol. The second kappa shape index (κ2) is 25.2. The standard InChI is InChI=1S/C27H52N2O4/c1-2-3-4-5-9-12-17-22-33-23-18-13-10-7-6-8-11-14-20-26(30)29-25(24-27(31)32)19-15-16-21-28/h10,13,25H,2-9,11-12,14-24,28H2,1H3,(H,29,30)(H,31,32)/t25-/m0/s1. The highest BCUT2D eigenvalue weighted by molar-refractivity contribution is 5.77. The van der Waals surface area contributed by atoms with Crippen LogP contribution in [0.4, 0.5) is 0 Å². The summed E-state index contributed by atoms with van der Waals surface area (Å²) in [5, 5.41) is 11.9. The number of ether oxygens (including phenoxy) is 1. The molecule has 0 saturated carbocycles. The van der Waals surface area contributed by atoms with E-state index in [0.717, 1.165) is 64.6 Å². The Kier molecular flexibility index (Phi) is 24.2. The largest absolute Gasteiger partial charge is 0.481 e. The average molecular weight is 469 g/mol. The first-order chi connectivity index (χ1) is 16.1. The summed E-state index contributed by atoms with van der Waals surface area (Å²) in [6, 6.07) is -0.286. The van der Waals surface area contributed by atoms with E-state index in [0.29, 0.717) is 19.4 Å². The number of carbonyl (C=O) groups is 2. The fourth-order valence-corrected chi connectivity index (χ4v) is 3.82. The molecule has 6 nitrogen and oxygen atoms in total. The van der Waals surface area contributed by atoms with Crippen LogP contribution in [0.2, 0.25) is 0 Å². The Morgan fingerprint density at radius 1 is 0.848 bits per heavy atom. The van der Waals surface area contributed by atoms with Gasteiger partial charge in [0, 0.05) is 19.1 Å². The molecule has 0 radical (unpaired) electrons. The van der Waals surface area contributed by atoms with Crippen molar-refractivity contribution in [3.63, 3.8) is 0 Å². The molecule has 33 heavy (non-hydrogen) atoms. The summed E-state index contributed by atoms with van der Waals surface area (Å²) >= 11 is 0. The Bertz CT molecular complexity index is 483. The van der Waals surface area contributed by atoms with E-state index in [1.807, 2.05) is 0 Å². The van der Waals surface area contributed by atoms with Crippen LogP contribution in [0.15, 0.2) is 12.2 Å². The van der Waals surface area contributed by atoms with E-state index in [9.17, 15) is 9.59 Å². The van der Waals surface area contributed by atoms with Gasteiger partial charge in [-0.25, -0.2) is 0 Å². The molecule has 0 aromatic rings. The van der Waals surface area contributed by atoms with Crippen molar-refractivity contribution in [3.05, 3.63) is 12.2 Å². The second-order valence-electron chi connectivity index (χ2n) is 9.09. The molecule has 0 aromatic heterocycles. The van der Waals surface area contributed by atoms with Crippen LogP contribution in [0.5, 0.6) is 0 Å². The topological polar surface area (TPSA) is 102 Å². The van der Waals surface area contributed by atoms with E-state index in [1.165, 1.54) is 44.9 Å². The lowest BCUT2D eigenvalue weighted by Gasteiger charge is -2.16. The number of allylic oxidation sites excluding steroid dienone is 1. The maximum atomic E-state index is 12.1. The van der Waals surface area contributed by atoms with E-state index in [4.69, 9.17) is 15.6 Å². The van der Waals surface area contributed by atoms with E-state index in [-0.39, 0.29) is 18.4 Å². The zero-order chi connectivity index (χ0) is 24.4. The first-order valence-corrected chi connectivity index (χ1v) is 13.5. The first-order valence-electron chi connectivity index (χ1n) is 13.5. The Morgan fingerprint density at radius 3 is 2.24 bits per heavy atom. The quantitative estimate of drug-likeness (QED) is 0.110. The third-order valence-corrected chi connectivity index (χ3v) is 5.81. The van der Waals surface area contributed by atoms with Crippen LogP contribution in [-0.4, -0.2) is 42.8 Å². The lowest BCUT2D eigenvalue weighted by Crippen LogP contribution is -2.36. The molecular formula is C27H52N2O4. The number of amides is 1. The number of hydrogen-bond acceptors (Lipinski definition) is 4. The highest BCUT2D eigenvalue weighted by Gasteiger charge is 2.15. The maximum absolute atomic E-state index is 12.1. The van der Waals surface area contributed by atoms with Crippen molar-refractivity contribution in [1.29, 1.82) is 0 Å². The lowest BCUT2D eigenvalue weighted by molar-refractivity contribution is -0.137. The van der Waals surface area contributed by atoms with Gasteiger partial charge in [-0.3, -0.25) is 9.59 Å². The van der Waals surface area contributed by atoms with Gasteiger partial charge in [-0.05, 0) is 51.5 Å². The van der Waals surface area contributed by atoms with Gasteiger partial charge in [0.15, 0.2) is 0 Å². The van der Waals surface area contributed by atoms with E-state index < -0.39 is 5.97 Å². The zero-order valence-corrected chi connectivity index (χ0v) is 21.3. The number of rotatable bonds is 25. The van der Waals surface area contributed by atoms with Crippen LogP contribution in [0, 0.1) is 0 Å². The van der Waals surface area contributed by atoms with Crippen molar-refractivity contribution in [3.8, 4) is 0 Å². The smallest absolute Gasteiger partial charge is 0.305 e.